The van der Waals surface area contributed by atoms with Crippen molar-refractivity contribution >= 4 is 34.9 Å². The van der Waals surface area contributed by atoms with Crippen molar-refractivity contribution in [2.75, 3.05) is 31.1 Å². The number of likely N-dealkylation sites (tertiary alicyclic amines) is 1. The van der Waals surface area contributed by atoms with Crippen LogP contribution in [0.1, 0.15) is 49.7 Å². The lowest BCUT2D eigenvalue weighted by atomic mass is 10.2. The number of thioether (sulfide) groups is 1. The summed E-state index contributed by atoms with van der Waals surface area (Å²) >= 11 is 3.43. The van der Waals surface area contributed by atoms with Gasteiger partial charge in [-0.25, -0.2) is 4.98 Å². The molecule has 0 saturated carbocycles. The van der Waals surface area contributed by atoms with E-state index in [-0.39, 0.29) is 17.9 Å². The predicted molar refractivity (Wildman–Crippen MR) is 104 cm³/mol. The van der Waals surface area contributed by atoms with E-state index in [2.05, 4.69) is 9.97 Å². The molecule has 26 heavy (non-hydrogen) atoms. The van der Waals surface area contributed by atoms with Gasteiger partial charge >= 0.3 is 0 Å². The molecule has 0 spiro atoms. The van der Waals surface area contributed by atoms with E-state index in [1.165, 1.54) is 11.3 Å². The molecule has 0 radical (unpaired) electrons. The van der Waals surface area contributed by atoms with Gasteiger partial charge in [-0.1, -0.05) is 0 Å². The summed E-state index contributed by atoms with van der Waals surface area (Å²) in [5, 5.41) is 0. The third kappa shape index (κ3) is 3.40. The molecule has 2 aromatic heterocycles. The minimum absolute atomic E-state index is 0.0383. The Hall–Kier alpha value is -1.80. The van der Waals surface area contributed by atoms with E-state index in [1.807, 2.05) is 40.6 Å². The normalized spacial score (nSPS) is 20.6. The summed E-state index contributed by atoms with van der Waals surface area (Å²) < 4.78 is 0. The monoisotopic (exact) mass is 390 g/mol. The lowest BCUT2D eigenvalue weighted by Gasteiger charge is -2.26. The first-order valence-corrected chi connectivity index (χ1v) is 10.9. The number of carbonyl (C=O) groups excluding carboxylic acids is 2. The van der Waals surface area contributed by atoms with Crippen LogP contribution in [0.25, 0.3) is 0 Å². The Balaban J connectivity index is 1.50. The third-order valence-corrected chi connectivity index (χ3v) is 7.00. The number of rotatable bonds is 3. The molecule has 0 aliphatic carbocycles. The zero-order valence-corrected chi connectivity index (χ0v) is 16.4. The van der Waals surface area contributed by atoms with Gasteiger partial charge in [-0.05, 0) is 31.9 Å². The molecule has 6 nitrogen and oxygen atoms in total. The third-order valence-electron chi connectivity index (χ3n) is 4.88. The summed E-state index contributed by atoms with van der Waals surface area (Å²) in [6.45, 7) is 4.26. The van der Waals surface area contributed by atoms with Gasteiger partial charge in [-0.2, -0.15) is 11.8 Å². The Morgan fingerprint density at radius 3 is 2.73 bits per heavy atom. The SMILES string of the molecule is Cc1cnc(C(=O)N2CCCC2c2ccc(C(=O)N3CCSCC3)s2)[nH]1. The van der Waals surface area contributed by atoms with E-state index in [0.717, 1.165) is 59.4 Å². The number of amides is 2. The van der Waals surface area contributed by atoms with Crippen molar-refractivity contribution in [3.63, 3.8) is 0 Å². The first kappa shape index (κ1) is 17.6. The summed E-state index contributed by atoms with van der Waals surface area (Å²) in [6.07, 6.45) is 3.58. The summed E-state index contributed by atoms with van der Waals surface area (Å²) in [4.78, 5) is 38.4. The number of hydrogen-bond acceptors (Lipinski definition) is 5. The molecule has 2 saturated heterocycles. The van der Waals surface area contributed by atoms with Crippen molar-refractivity contribution in [3.8, 4) is 0 Å². The van der Waals surface area contributed by atoms with Crippen LogP contribution in [0, 0.1) is 6.92 Å². The van der Waals surface area contributed by atoms with Crippen molar-refractivity contribution < 1.29 is 9.59 Å². The van der Waals surface area contributed by atoms with E-state index in [0.29, 0.717) is 5.82 Å². The smallest absolute Gasteiger partial charge is 0.290 e. The summed E-state index contributed by atoms with van der Waals surface area (Å²) in [5.41, 5.74) is 0.882. The Labute approximate surface area is 161 Å². The van der Waals surface area contributed by atoms with Gasteiger partial charge in [0.1, 0.15) is 0 Å². The highest BCUT2D eigenvalue weighted by molar-refractivity contribution is 7.99. The summed E-state index contributed by atoms with van der Waals surface area (Å²) in [6, 6.07) is 3.97. The van der Waals surface area contributed by atoms with Crippen molar-refractivity contribution in [2.45, 2.75) is 25.8 Å². The largest absolute Gasteiger partial charge is 0.338 e. The summed E-state index contributed by atoms with van der Waals surface area (Å²) in [7, 11) is 0. The molecule has 1 N–H and O–H groups in total. The Bertz CT molecular complexity index is 810. The molecule has 2 aliphatic rings. The minimum Gasteiger partial charge on any atom is -0.338 e. The van der Waals surface area contributed by atoms with Gasteiger partial charge in [-0.3, -0.25) is 9.59 Å². The fourth-order valence-electron chi connectivity index (χ4n) is 3.53. The Morgan fingerprint density at radius 1 is 1.19 bits per heavy atom. The van der Waals surface area contributed by atoms with Crippen molar-refractivity contribution in [1.82, 2.24) is 19.8 Å². The van der Waals surface area contributed by atoms with E-state index in [1.54, 1.807) is 6.20 Å². The number of aromatic amines is 1. The number of carbonyl (C=O) groups is 2. The second-order valence-electron chi connectivity index (χ2n) is 6.68. The quantitative estimate of drug-likeness (QED) is 0.875. The lowest BCUT2D eigenvalue weighted by Crippen LogP contribution is -2.37. The molecule has 0 bridgehead atoms. The Kier molecular flexibility index (Phi) is 5.04. The van der Waals surface area contributed by atoms with E-state index in [9.17, 15) is 9.59 Å². The molecule has 138 valence electrons. The lowest BCUT2D eigenvalue weighted by molar-refractivity contribution is 0.0725. The number of H-pyrrole nitrogens is 1. The van der Waals surface area contributed by atoms with Crippen LogP contribution in [0.5, 0.6) is 0 Å². The van der Waals surface area contributed by atoms with Gasteiger partial charge in [0.25, 0.3) is 11.8 Å². The average Bonchev–Trinajstić information content (AvgIpc) is 3.41. The van der Waals surface area contributed by atoms with Crippen LogP contribution in [0.2, 0.25) is 0 Å². The van der Waals surface area contributed by atoms with Crippen LogP contribution in [0.4, 0.5) is 0 Å². The first-order chi connectivity index (χ1) is 12.6. The van der Waals surface area contributed by atoms with Crippen LogP contribution in [-0.4, -0.2) is 62.7 Å². The molecule has 2 aromatic rings. The van der Waals surface area contributed by atoms with Gasteiger partial charge in [0.05, 0.1) is 10.9 Å². The van der Waals surface area contributed by atoms with Gasteiger partial charge in [-0.15, -0.1) is 11.3 Å². The number of nitrogens with zero attached hydrogens (tertiary/aromatic N) is 3. The molecular formula is C18H22N4O2S2. The standard InChI is InChI=1S/C18H22N4O2S2/c1-12-11-19-16(20-12)18(24)22-6-2-3-13(22)14-4-5-15(26-14)17(23)21-7-9-25-10-8-21/h4-5,11,13H,2-3,6-10H2,1H3,(H,19,20). The maximum atomic E-state index is 12.8. The molecule has 2 aliphatic heterocycles. The van der Waals surface area contributed by atoms with E-state index in [4.69, 9.17) is 0 Å². The second kappa shape index (κ2) is 7.44. The van der Waals surface area contributed by atoms with Gasteiger partial charge in [0.15, 0.2) is 5.82 Å². The highest BCUT2D eigenvalue weighted by Crippen LogP contribution is 2.37. The fourth-order valence-corrected chi connectivity index (χ4v) is 5.56. The molecule has 0 aromatic carbocycles. The summed E-state index contributed by atoms with van der Waals surface area (Å²) in [5.74, 6) is 2.48. The fraction of sp³-hybridized carbons (Fsp3) is 0.500. The molecule has 8 heteroatoms. The zero-order valence-electron chi connectivity index (χ0n) is 14.7. The van der Waals surface area contributed by atoms with E-state index >= 15 is 0 Å². The highest BCUT2D eigenvalue weighted by atomic mass is 32.2. The van der Waals surface area contributed by atoms with Crippen LogP contribution in [0.15, 0.2) is 18.3 Å². The zero-order chi connectivity index (χ0) is 18.1. The van der Waals surface area contributed by atoms with Gasteiger partial charge in [0, 0.05) is 47.9 Å². The maximum Gasteiger partial charge on any atom is 0.290 e. The molecular weight excluding hydrogens is 368 g/mol. The molecule has 1 unspecified atom stereocenters. The number of nitrogens with one attached hydrogen (secondary N) is 1. The predicted octanol–water partition coefficient (Wildman–Crippen LogP) is 2.95. The van der Waals surface area contributed by atoms with Crippen molar-refractivity contribution in [1.29, 1.82) is 0 Å². The Morgan fingerprint density at radius 2 is 2.00 bits per heavy atom. The second-order valence-corrected chi connectivity index (χ2v) is 9.02. The first-order valence-electron chi connectivity index (χ1n) is 8.93. The van der Waals surface area contributed by atoms with Crippen LogP contribution in [0.3, 0.4) is 0 Å². The highest BCUT2D eigenvalue weighted by Gasteiger charge is 2.33. The van der Waals surface area contributed by atoms with Gasteiger partial charge < -0.3 is 14.8 Å². The van der Waals surface area contributed by atoms with Crippen LogP contribution >= 0.6 is 23.1 Å². The topological polar surface area (TPSA) is 69.3 Å². The molecule has 2 amide bonds. The maximum absolute atomic E-state index is 12.8. The van der Waals surface area contributed by atoms with Gasteiger partial charge in [0.2, 0.25) is 0 Å². The molecule has 1 atom stereocenters. The van der Waals surface area contributed by atoms with Crippen LogP contribution < -0.4 is 0 Å². The van der Waals surface area contributed by atoms with E-state index < -0.39 is 0 Å². The average molecular weight is 391 g/mol. The van der Waals surface area contributed by atoms with Crippen molar-refractivity contribution in [3.05, 3.63) is 39.6 Å². The molecule has 4 heterocycles. The number of imidazole rings is 1. The van der Waals surface area contributed by atoms with Crippen LogP contribution in [-0.2, 0) is 0 Å². The number of thiophene rings is 1. The number of aryl methyl sites for hydroxylation is 1. The molecule has 4 rings (SSSR count). The minimum atomic E-state index is -0.0602. The number of aromatic nitrogens is 2. The molecule has 2 fully saturated rings. The van der Waals surface area contributed by atoms with Crippen molar-refractivity contribution in [2.24, 2.45) is 0 Å². The number of hydrogen-bond donors (Lipinski definition) is 1.